The molecule has 6 nitrogen and oxygen atoms in total. The topological polar surface area (TPSA) is 66.7 Å². The molecule has 4 rings (SSSR count). The average molecular weight is 420 g/mol. The van der Waals surface area contributed by atoms with Crippen molar-refractivity contribution in [1.82, 2.24) is 15.5 Å². The molecule has 1 aromatic heterocycles. The number of carbonyl (C=O) groups is 1. The van der Waals surface area contributed by atoms with E-state index in [2.05, 4.69) is 39.8 Å². The summed E-state index contributed by atoms with van der Waals surface area (Å²) in [6, 6.07) is 22.0. The molecule has 2 N–H and O–H groups in total. The molecule has 1 aliphatic rings. The molecule has 1 amide bonds. The first-order valence-corrected chi connectivity index (χ1v) is 10.7. The number of benzene rings is 2. The minimum atomic E-state index is -0.165. The zero-order chi connectivity index (χ0) is 21.3. The molecule has 0 spiro atoms. The van der Waals surface area contributed by atoms with Gasteiger partial charge in [-0.1, -0.05) is 54.6 Å². The van der Waals surface area contributed by atoms with Crippen molar-refractivity contribution in [2.45, 2.75) is 19.1 Å². The Morgan fingerprint density at radius 2 is 1.68 bits per heavy atom. The van der Waals surface area contributed by atoms with Crippen molar-refractivity contribution >= 4 is 5.91 Å². The van der Waals surface area contributed by atoms with Crippen LogP contribution in [0.4, 0.5) is 0 Å². The van der Waals surface area contributed by atoms with Gasteiger partial charge in [-0.3, -0.25) is 15.0 Å². The van der Waals surface area contributed by atoms with Crippen LogP contribution in [0.3, 0.4) is 0 Å². The van der Waals surface area contributed by atoms with Crippen molar-refractivity contribution in [3.8, 4) is 0 Å². The minimum Gasteiger partial charge on any atom is -0.467 e. The molecule has 1 atom stereocenters. The van der Waals surface area contributed by atoms with Gasteiger partial charge in [0.15, 0.2) is 0 Å². The number of hydrogen-bond acceptors (Lipinski definition) is 5. The summed E-state index contributed by atoms with van der Waals surface area (Å²) in [7, 11) is 0. The van der Waals surface area contributed by atoms with Gasteiger partial charge in [-0.05, 0) is 28.8 Å². The SMILES string of the molecule is O=C(CN[C@@H](c1ccccc1)c1ccco1)NCc1ccc(CN2CCOCC2)cc1. The number of nitrogens with one attached hydrogen (secondary N) is 2. The minimum absolute atomic E-state index is 0.0510. The Bertz CT molecular complexity index is 920. The van der Waals surface area contributed by atoms with Crippen LogP contribution in [0.1, 0.15) is 28.5 Å². The molecule has 6 heteroatoms. The van der Waals surface area contributed by atoms with Crippen LogP contribution >= 0.6 is 0 Å². The number of ether oxygens (including phenoxy) is 1. The van der Waals surface area contributed by atoms with Gasteiger partial charge >= 0.3 is 0 Å². The maximum Gasteiger partial charge on any atom is 0.234 e. The van der Waals surface area contributed by atoms with Crippen LogP contribution in [-0.4, -0.2) is 43.7 Å². The average Bonchev–Trinajstić information content (AvgIpc) is 3.35. The Hall–Kier alpha value is -2.93. The number of amides is 1. The second-order valence-electron chi connectivity index (χ2n) is 7.72. The van der Waals surface area contributed by atoms with Crippen molar-refractivity contribution in [3.63, 3.8) is 0 Å². The third-order valence-corrected chi connectivity index (χ3v) is 5.45. The number of carbonyl (C=O) groups excluding carboxylic acids is 1. The predicted octanol–water partition coefficient (Wildman–Crippen LogP) is 3.11. The lowest BCUT2D eigenvalue weighted by Crippen LogP contribution is -2.36. The smallest absolute Gasteiger partial charge is 0.234 e. The van der Waals surface area contributed by atoms with Gasteiger partial charge in [0.25, 0.3) is 0 Å². The van der Waals surface area contributed by atoms with Gasteiger partial charge in [-0.25, -0.2) is 0 Å². The number of furan rings is 1. The highest BCUT2D eigenvalue weighted by Gasteiger charge is 2.17. The van der Waals surface area contributed by atoms with E-state index in [1.165, 1.54) is 5.56 Å². The molecule has 0 saturated carbocycles. The van der Waals surface area contributed by atoms with E-state index in [9.17, 15) is 4.79 Å². The Morgan fingerprint density at radius 1 is 0.935 bits per heavy atom. The standard InChI is InChI=1S/C25H29N3O3/c29-24(18-27-25(23-7-4-14-31-23)22-5-2-1-3-6-22)26-17-20-8-10-21(11-9-20)19-28-12-15-30-16-13-28/h1-11,14,25,27H,12-13,15-19H2,(H,26,29)/t25-/m0/s1. The molecule has 3 aromatic rings. The van der Waals surface area contributed by atoms with Crippen molar-refractivity contribution in [1.29, 1.82) is 0 Å². The summed E-state index contributed by atoms with van der Waals surface area (Å²) in [6.07, 6.45) is 1.65. The van der Waals surface area contributed by atoms with E-state index in [0.717, 1.165) is 49.7 Å². The molecule has 1 saturated heterocycles. The predicted molar refractivity (Wildman–Crippen MR) is 119 cm³/mol. The van der Waals surface area contributed by atoms with Gasteiger partial charge in [-0.15, -0.1) is 0 Å². The lowest BCUT2D eigenvalue weighted by Gasteiger charge is -2.26. The van der Waals surface area contributed by atoms with Crippen LogP contribution in [0.5, 0.6) is 0 Å². The van der Waals surface area contributed by atoms with Crippen molar-refractivity contribution in [2.24, 2.45) is 0 Å². The summed E-state index contributed by atoms with van der Waals surface area (Å²) >= 11 is 0. The summed E-state index contributed by atoms with van der Waals surface area (Å²) in [6.45, 7) is 5.23. The molecule has 1 aliphatic heterocycles. The van der Waals surface area contributed by atoms with Gasteiger partial charge in [0, 0.05) is 26.2 Å². The molecule has 0 bridgehead atoms. The molecular formula is C25H29N3O3. The Balaban J connectivity index is 1.25. The van der Waals surface area contributed by atoms with E-state index >= 15 is 0 Å². The molecular weight excluding hydrogens is 390 g/mol. The molecule has 1 fully saturated rings. The Labute approximate surface area is 183 Å². The zero-order valence-electron chi connectivity index (χ0n) is 17.6. The Kier molecular flexibility index (Phi) is 7.50. The van der Waals surface area contributed by atoms with Crippen LogP contribution in [0, 0.1) is 0 Å². The first-order chi connectivity index (χ1) is 15.3. The molecule has 162 valence electrons. The van der Waals surface area contributed by atoms with E-state index in [-0.39, 0.29) is 18.5 Å². The van der Waals surface area contributed by atoms with Crippen LogP contribution in [0.15, 0.2) is 77.4 Å². The molecule has 0 aliphatic carbocycles. The van der Waals surface area contributed by atoms with E-state index in [1.807, 2.05) is 42.5 Å². The highest BCUT2D eigenvalue weighted by atomic mass is 16.5. The third kappa shape index (κ3) is 6.28. The van der Waals surface area contributed by atoms with Crippen LogP contribution < -0.4 is 10.6 Å². The maximum absolute atomic E-state index is 12.4. The third-order valence-electron chi connectivity index (χ3n) is 5.45. The van der Waals surface area contributed by atoms with Crippen molar-refractivity contribution in [2.75, 3.05) is 32.8 Å². The lowest BCUT2D eigenvalue weighted by molar-refractivity contribution is -0.120. The molecule has 0 radical (unpaired) electrons. The van der Waals surface area contributed by atoms with Gasteiger partial charge < -0.3 is 14.5 Å². The normalized spacial score (nSPS) is 15.5. The highest BCUT2D eigenvalue weighted by molar-refractivity contribution is 5.78. The molecule has 0 unspecified atom stereocenters. The van der Waals surface area contributed by atoms with Crippen LogP contribution in [-0.2, 0) is 22.6 Å². The van der Waals surface area contributed by atoms with Gasteiger partial charge in [0.1, 0.15) is 5.76 Å². The van der Waals surface area contributed by atoms with Crippen molar-refractivity contribution < 1.29 is 13.9 Å². The summed E-state index contributed by atoms with van der Waals surface area (Å²) in [5.74, 6) is 0.736. The van der Waals surface area contributed by atoms with E-state index in [0.29, 0.717) is 6.54 Å². The summed E-state index contributed by atoms with van der Waals surface area (Å²) in [5, 5.41) is 6.30. The quantitative estimate of drug-likeness (QED) is 0.558. The number of hydrogen-bond donors (Lipinski definition) is 2. The van der Waals surface area contributed by atoms with Gasteiger partial charge in [0.2, 0.25) is 5.91 Å². The number of rotatable bonds is 9. The fourth-order valence-corrected chi connectivity index (χ4v) is 3.72. The van der Waals surface area contributed by atoms with E-state index < -0.39 is 0 Å². The number of nitrogens with zero attached hydrogens (tertiary/aromatic N) is 1. The van der Waals surface area contributed by atoms with Crippen LogP contribution in [0.2, 0.25) is 0 Å². The maximum atomic E-state index is 12.4. The van der Waals surface area contributed by atoms with Crippen LogP contribution in [0.25, 0.3) is 0 Å². The van der Waals surface area contributed by atoms with E-state index in [4.69, 9.17) is 9.15 Å². The van der Waals surface area contributed by atoms with Crippen molar-refractivity contribution in [3.05, 3.63) is 95.4 Å². The second-order valence-corrected chi connectivity index (χ2v) is 7.72. The lowest BCUT2D eigenvalue weighted by atomic mass is 10.0. The summed E-state index contributed by atoms with van der Waals surface area (Å²) in [4.78, 5) is 14.8. The molecule has 2 aromatic carbocycles. The molecule has 31 heavy (non-hydrogen) atoms. The zero-order valence-corrected chi connectivity index (χ0v) is 17.6. The van der Waals surface area contributed by atoms with E-state index in [1.54, 1.807) is 6.26 Å². The fourth-order valence-electron chi connectivity index (χ4n) is 3.72. The van der Waals surface area contributed by atoms with Gasteiger partial charge in [0.05, 0.1) is 32.1 Å². The Morgan fingerprint density at radius 3 is 2.39 bits per heavy atom. The first kappa shape index (κ1) is 21.3. The largest absolute Gasteiger partial charge is 0.467 e. The monoisotopic (exact) mass is 419 g/mol. The van der Waals surface area contributed by atoms with Gasteiger partial charge in [-0.2, -0.15) is 0 Å². The summed E-state index contributed by atoms with van der Waals surface area (Å²) < 4.78 is 11.0. The second kappa shape index (κ2) is 10.9. The first-order valence-electron chi connectivity index (χ1n) is 10.7. The summed E-state index contributed by atoms with van der Waals surface area (Å²) in [5.41, 5.74) is 3.42. The highest BCUT2D eigenvalue weighted by Crippen LogP contribution is 2.22. The number of morpholine rings is 1. The molecule has 2 heterocycles. The fraction of sp³-hybridized carbons (Fsp3) is 0.320.